The Morgan fingerprint density at radius 1 is 1.25 bits per heavy atom. The summed E-state index contributed by atoms with van der Waals surface area (Å²) in [4.78, 5) is 11.9. The number of aliphatic hydroxyl groups is 1. The predicted octanol–water partition coefficient (Wildman–Crippen LogP) is 2.93. The van der Waals surface area contributed by atoms with Crippen LogP contribution in [0.15, 0.2) is 0 Å². The van der Waals surface area contributed by atoms with Crippen molar-refractivity contribution in [3.63, 3.8) is 0 Å². The van der Waals surface area contributed by atoms with E-state index >= 15 is 0 Å². The normalized spacial score (nSPS) is 47.6. The molecule has 1 N–H and O–H groups in total. The molecule has 3 atom stereocenters. The van der Waals surface area contributed by atoms with Gasteiger partial charge in [0, 0.05) is 11.8 Å². The van der Waals surface area contributed by atoms with Crippen molar-refractivity contribution >= 4 is 5.78 Å². The highest BCUT2D eigenvalue weighted by Gasteiger charge is 2.62. The minimum absolute atomic E-state index is 0.0534. The van der Waals surface area contributed by atoms with Crippen molar-refractivity contribution in [1.82, 2.24) is 0 Å². The standard InChI is InChI=1S/C14H24O2/c1-10-8-11(15)13(4,16)14(10)7-5-6-12(2,3)9-14/h10,16H,5-9H2,1-4H3/t10-,13+,14+/m1/s1. The highest BCUT2D eigenvalue weighted by molar-refractivity contribution is 5.90. The maximum absolute atomic E-state index is 11.9. The first-order chi connectivity index (χ1) is 7.21. The van der Waals surface area contributed by atoms with Crippen molar-refractivity contribution in [1.29, 1.82) is 0 Å². The van der Waals surface area contributed by atoms with Crippen molar-refractivity contribution in [2.75, 3.05) is 0 Å². The molecule has 2 rings (SSSR count). The molecule has 2 fully saturated rings. The fourth-order valence-electron chi connectivity index (χ4n) is 4.18. The Labute approximate surface area is 98.4 Å². The van der Waals surface area contributed by atoms with Crippen molar-refractivity contribution in [3.05, 3.63) is 0 Å². The summed E-state index contributed by atoms with van der Waals surface area (Å²) in [7, 11) is 0. The van der Waals surface area contributed by atoms with Crippen LogP contribution in [0.25, 0.3) is 0 Å². The van der Waals surface area contributed by atoms with E-state index in [9.17, 15) is 9.90 Å². The second-order valence-corrected chi connectivity index (χ2v) is 6.95. The summed E-state index contributed by atoms with van der Waals surface area (Å²) < 4.78 is 0. The smallest absolute Gasteiger partial charge is 0.164 e. The Hall–Kier alpha value is -0.370. The summed E-state index contributed by atoms with van der Waals surface area (Å²) in [5, 5.41) is 10.6. The molecule has 0 bridgehead atoms. The summed E-state index contributed by atoms with van der Waals surface area (Å²) in [6.07, 6.45) is 4.91. The molecular formula is C14H24O2. The predicted molar refractivity (Wildman–Crippen MR) is 64.1 cm³/mol. The van der Waals surface area contributed by atoms with E-state index in [4.69, 9.17) is 0 Å². The van der Waals surface area contributed by atoms with E-state index in [0.29, 0.717) is 12.3 Å². The van der Waals surface area contributed by atoms with Crippen LogP contribution in [0.1, 0.15) is 59.8 Å². The summed E-state index contributed by atoms with van der Waals surface area (Å²) in [5.74, 6) is 0.382. The van der Waals surface area contributed by atoms with Crippen molar-refractivity contribution < 1.29 is 9.90 Å². The molecule has 0 unspecified atom stereocenters. The second-order valence-electron chi connectivity index (χ2n) is 6.95. The molecule has 2 saturated carbocycles. The Morgan fingerprint density at radius 2 is 1.88 bits per heavy atom. The summed E-state index contributed by atoms with van der Waals surface area (Å²) in [6, 6.07) is 0. The Morgan fingerprint density at radius 3 is 2.31 bits per heavy atom. The van der Waals surface area contributed by atoms with E-state index in [1.54, 1.807) is 6.92 Å². The lowest BCUT2D eigenvalue weighted by Gasteiger charge is -2.50. The number of rotatable bonds is 0. The van der Waals surface area contributed by atoms with Gasteiger partial charge in [-0.15, -0.1) is 0 Å². The van der Waals surface area contributed by atoms with Crippen LogP contribution in [0, 0.1) is 16.7 Å². The van der Waals surface area contributed by atoms with Gasteiger partial charge in [-0.05, 0) is 37.5 Å². The van der Waals surface area contributed by atoms with Crippen LogP contribution in [-0.2, 0) is 4.79 Å². The SMILES string of the molecule is C[C@@H]1CC(=O)[C@](C)(O)[C@]12CCCC(C)(C)C2. The zero-order valence-electron chi connectivity index (χ0n) is 11.0. The van der Waals surface area contributed by atoms with E-state index in [-0.39, 0.29) is 16.6 Å². The van der Waals surface area contributed by atoms with E-state index in [0.717, 1.165) is 19.3 Å². The van der Waals surface area contributed by atoms with Gasteiger partial charge >= 0.3 is 0 Å². The van der Waals surface area contributed by atoms with Gasteiger partial charge in [0.1, 0.15) is 5.60 Å². The van der Waals surface area contributed by atoms with Gasteiger partial charge < -0.3 is 5.11 Å². The molecule has 0 heterocycles. The van der Waals surface area contributed by atoms with Crippen molar-refractivity contribution in [2.45, 2.75) is 65.4 Å². The van der Waals surface area contributed by atoms with Crippen LogP contribution >= 0.6 is 0 Å². The van der Waals surface area contributed by atoms with Crippen LogP contribution in [0.3, 0.4) is 0 Å². The van der Waals surface area contributed by atoms with Gasteiger partial charge in [0.05, 0.1) is 0 Å². The van der Waals surface area contributed by atoms with Gasteiger partial charge in [-0.1, -0.05) is 27.2 Å². The van der Waals surface area contributed by atoms with Crippen molar-refractivity contribution in [3.8, 4) is 0 Å². The third-order valence-corrected chi connectivity index (χ3v) is 5.22. The fraction of sp³-hybridized carbons (Fsp3) is 0.929. The highest BCUT2D eigenvalue weighted by atomic mass is 16.3. The Bertz CT molecular complexity index is 317. The Kier molecular flexibility index (Phi) is 2.51. The van der Waals surface area contributed by atoms with Gasteiger partial charge in [0.2, 0.25) is 0 Å². The van der Waals surface area contributed by atoms with E-state index in [2.05, 4.69) is 20.8 Å². The lowest BCUT2D eigenvalue weighted by molar-refractivity contribution is -0.149. The molecule has 0 saturated heterocycles. The maximum Gasteiger partial charge on any atom is 0.164 e. The number of Topliss-reactive ketones (excluding diaryl/α,β-unsaturated/α-hetero) is 1. The lowest BCUT2D eigenvalue weighted by atomic mass is 9.55. The molecule has 0 aromatic heterocycles. The van der Waals surface area contributed by atoms with E-state index in [1.165, 1.54) is 6.42 Å². The first kappa shape index (κ1) is 12.1. The molecule has 2 aliphatic carbocycles. The van der Waals surface area contributed by atoms with Gasteiger partial charge in [-0.25, -0.2) is 0 Å². The lowest BCUT2D eigenvalue weighted by Crippen LogP contribution is -2.51. The number of hydrogen-bond acceptors (Lipinski definition) is 2. The first-order valence-electron chi connectivity index (χ1n) is 6.47. The first-order valence-corrected chi connectivity index (χ1v) is 6.47. The number of carbonyl (C=O) groups excluding carboxylic acids is 1. The average molecular weight is 224 g/mol. The van der Waals surface area contributed by atoms with Gasteiger partial charge in [-0.3, -0.25) is 4.79 Å². The summed E-state index contributed by atoms with van der Waals surface area (Å²) >= 11 is 0. The van der Waals surface area contributed by atoms with Crippen molar-refractivity contribution in [2.24, 2.45) is 16.7 Å². The maximum atomic E-state index is 11.9. The van der Waals surface area contributed by atoms with Gasteiger partial charge in [-0.2, -0.15) is 0 Å². The zero-order valence-corrected chi connectivity index (χ0v) is 11.0. The molecule has 2 aliphatic rings. The van der Waals surface area contributed by atoms with Crippen LogP contribution in [0.4, 0.5) is 0 Å². The minimum Gasteiger partial charge on any atom is -0.382 e. The van der Waals surface area contributed by atoms with Gasteiger partial charge in [0.25, 0.3) is 0 Å². The average Bonchev–Trinajstić information content (AvgIpc) is 2.27. The molecular weight excluding hydrogens is 200 g/mol. The Balaban J connectivity index is 2.39. The van der Waals surface area contributed by atoms with E-state index in [1.807, 2.05) is 0 Å². The zero-order chi connectivity index (χ0) is 12.2. The molecule has 16 heavy (non-hydrogen) atoms. The molecule has 2 nitrogen and oxygen atoms in total. The molecule has 0 aromatic rings. The molecule has 2 heteroatoms. The van der Waals surface area contributed by atoms with Gasteiger partial charge in [0.15, 0.2) is 5.78 Å². The molecule has 1 spiro atoms. The topological polar surface area (TPSA) is 37.3 Å². The monoisotopic (exact) mass is 224 g/mol. The quantitative estimate of drug-likeness (QED) is 0.687. The summed E-state index contributed by atoms with van der Waals surface area (Å²) in [6.45, 7) is 8.42. The third-order valence-electron chi connectivity index (χ3n) is 5.22. The molecule has 92 valence electrons. The van der Waals surface area contributed by atoms with Crippen LogP contribution < -0.4 is 0 Å². The second kappa shape index (κ2) is 3.32. The number of ketones is 1. The fourth-order valence-corrected chi connectivity index (χ4v) is 4.18. The number of hydrogen-bond donors (Lipinski definition) is 1. The molecule has 0 amide bonds. The van der Waals surface area contributed by atoms with Crippen LogP contribution in [-0.4, -0.2) is 16.5 Å². The highest BCUT2D eigenvalue weighted by Crippen LogP contribution is 2.60. The van der Waals surface area contributed by atoms with E-state index < -0.39 is 5.60 Å². The number of carbonyl (C=O) groups is 1. The van der Waals surface area contributed by atoms with Crippen LogP contribution in [0.5, 0.6) is 0 Å². The molecule has 0 aromatic carbocycles. The molecule has 0 radical (unpaired) electrons. The molecule has 0 aliphatic heterocycles. The third kappa shape index (κ3) is 1.46. The van der Waals surface area contributed by atoms with Crippen LogP contribution in [0.2, 0.25) is 0 Å². The summed E-state index contributed by atoms with van der Waals surface area (Å²) in [5.41, 5.74) is -0.989. The largest absolute Gasteiger partial charge is 0.382 e. The minimum atomic E-state index is -1.09.